The Labute approximate surface area is 184 Å². The third kappa shape index (κ3) is 4.56. The molecule has 9 heteroatoms. The summed E-state index contributed by atoms with van der Waals surface area (Å²) in [4.78, 5) is 24.4. The maximum Gasteiger partial charge on any atom is 0.240 e. The number of rotatable bonds is 8. The molecule has 3 heterocycles. The Bertz CT molecular complexity index is 1230. The molecule has 31 heavy (non-hydrogen) atoms. The summed E-state index contributed by atoms with van der Waals surface area (Å²) in [5, 5.41) is 15.4. The molecule has 0 unspecified atom stereocenters. The van der Waals surface area contributed by atoms with E-state index in [1.165, 1.54) is 6.92 Å². The standard InChI is InChI=1S/C22H24N6O2S/c1-15(29)23-17-6-5-7-19-16(17)9-12-27(19)14-21(30)24-18(10-13-31-2)22-26-25-20-8-3-4-11-28(20)22/h3-9,11-12,18H,10,13-14H2,1-2H3,(H,23,29)(H,24,30)/t18-/m0/s1. The number of thioether (sulfide) groups is 1. The molecule has 0 aliphatic heterocycles. The lowest BCUT2D eigenvalue weighted by molar-refractivity contribution is -0.122. The molecular weight excluding hydrogens is 412 g/mol. The first-order chi connectivity index (χ1) is 15.1. The molecule has 0 bridgehead atoms. The van der Waals surface area contributed by atoms with Crippen molar-refractivity contribution in [1.29, 1.82) is 0 Å². The fraction of sp³-hybridized carbons (Fsp3) is 0.273. The van der Waals surface area contributed by atoms with Gasteiger partial charge in [-0.05, 0) is 48.8 Å². The largest absolute Gasteiger partial charge is 0.344 e. The zero-order chi connectivity index (χ0) is 21.8. The number of amides is 2. The van der Waals surface area contributed by atoms with Gasteiger partial charge in [-0.15, -0.1) is 10.2 Å². The van der Waals surface area contributed by atoms with Crippen LogP contribution in [0.5, 0.6) is 0 Å². The van der Waals surface area contributed by atoms with Gasteiger partial charge in [-0.2, -0.15) is 11.8 Å². The number of pyridine rings is 1. The lowest BCUT2D eigenvalue weighted by Gasteiger charge is -2.17. The third-order valence-corrected chi connectivity index (χ3v) is 5.68. The van der Waals surface area contributed by atoms with Crippen LogP contribution in [-0.2, 0) is 16.1 Å². The summed E-state index contributed by atoms with van der Waals surface area (Å²) in [5.74, 6) is 1.37. The third-order valence-electron chi connectivity index (χ3n) is 5.04. The Balaban J connectivity index is 1.55. The zero-order valence-corrected chi connectivity index (χ0v) is 18.2. The van der Waals surface area contributed by atoms with Crippen LogP contribution in [0.4, 0.5) is 5.69 Å². The molecule has 1 aromatic carbocycles. The molecule has 0 fully saturated rings. The van der Waals surface area contributed by atoms with Gasteiger partial charge >= 0.3 is 0 Å². The Morgan fingerprint density at radius 3 is 2.77 bits per heavy atom. The van der Waals surface area contributed by atoms with E-state index in [4.69, 9.17) is 0 Å². The second-order valence-electron chi connectivity index (χ2n) is 7.25. The van der Waals surface area contributed by atoms with Crippen LogP contribution in [0, 0.1) is 0 Å². The van der Waals surface area contributed by atoms with Crippen molar-refractivity contribution in [3.05, 3.63) is 60.7 Å². The second kappa shape index (κ2) is 9.22. The summed E-state index contributed by atoms with van der Waals surface area (Å²) < 4.78 is 3.79. The summed E-state index contributed by atoms with van der Waals surface area (Å²) >= 11 is 1.72. The fourth-order valence-corrected chi connectivity index (χ4v) is 4.13. The number of nitrogens with one attached hydrogen (secondary N) is 2. The van der Waals surface area contributed by atoms with Crippen molar-refractivity contribution < 1.29 is 9.59 Å². The van der Waals surface area contributed by atoms with Gasteiger partial charge in [0.15, 0.2) is 11.5 Å². The van der Waals surface area contributed by atoms with Crippen molar-refractivity contribution in [1.82, 2.24) is 24.5 Å². The van der Waals surface area contributed by atoms with Gasteiger partial charge in [0.1, 0.15) is 6.54 Å². The molecule has 0 saturated carbocycles. The van der Waals surface area contributed by atoms with Crippen LogP contribution >= 0.6 is 11.8 Å². The van der Waals surface area contributed by atoms with Crippen molar-refractivity contribution in [2.45, 2.75) is 25.9 Å². The molecule has 3 aromatic heterocycles. The molecule has 0 radical (unpaired) electrons. The minimum absolute atomic E-state index is 0.110. The molecule has 0 aliphatic rings. The van der Waals surface area contributed by atoms with Crippen LogP contribution in [0.3, 0.4) is 0 Å². The molecular formula is C22H24N6O2S. The maximum absolute atomic E-state index is 13.0. The first-order valence-electron chi connectivity index (χ1n) is 10.00. The number of hydrogen-bond donors (Lipinski definition) is 2. The van der Waals surface area contributed by atoms with E-state index in [0.29, 0.717) is 0 Å². The molecule has 0 spiro atoms. The molecule has 4 rings (SSSR count). The molecule has 1 atom stereocenters. The van der Waals surface area contributed by atoms with Gasteiger partial charge in [-0.25, -0.2) is 0 Å². The minimum atomic E-state index is -0.242. The summed E-state index contributed by atoms with van der Waals surface area (Å²) in [6, 6.07) is 13.0. The molecule has 160 valence electrons. The van der Waals surface area contributed by atoms with Gasteiger partial charge in [-0.3, -0.25) is 14.0 Å². The van der Waals surface area contributed by atoms with E-state index in [2.05, 4.69) is 20.8 Å². The number of hydrogen-bond acceptors (Lipinski definition) is 5. The van der Waals surface area contributed by atoms with Gasteiger partial charge in [0.25, 0.3) is 0 Å². The summed E-state index contributed by atoms with van der Waals surface area (Å²) in [6.07, 6.45) is 6.56. The van der Waals surface area contributed by atoms with E-state index >= 15 is 0 Å². The van der Waals surface area contributed by atoms with Gasteiger partial charge in [0.2, 0.25) is 11.8 Å². The van der Waals surface area contributed by atoms with E-state index in [1.54, 1.807) is 11.8 Å². The number of carbonyl (C=O) groups is 2. The fourth-order valence-electron chi connectivity index (χ4n) is 3.65. The topological polar surface area (TPSA) is 93.3 Å². The normalized spacial score (nSPS) is 12.2. The maximum atomic E-state index is 13.0. The number of benzene rings is 1. The van der Waals surface area contributed by atoms with Crippen LogP contribution < -0.4 is 10.6 Å². The molecule has 8 nitrogen and oxygen atoms in total. The van der Waals surface area contributed by atoms with Crippen LogP contribution in [0.2, 0.25) is 0 Å². The molecule has 0 aliphatic carbocycles. The monoisotopic (exact) mass is 436 g/mol. The van der Waals surface area contributed by atoms with Crippen molar-refractivity contribution >= 4 is 45.8 Å². The van der Waals surface area contributed by atoms with Gasteiger partial charge in [0.05, 0.1) is 17.2 Å². The highest BCUT2D eigenvalue weighted by Gasteiger charge is 2.20. The van der Waals surface area contributed by atoms with Gasteiger partial charge in [0, 0.05) is 24.7 Å². The lowest BCUT2D eigenvalue weighted by atomic mass is 10.2. The number of carbonyl (C=O) groups excluding carboxylic acids is 2. The molecule has 2 N–H and O–H groups in total. The predicted octanol–water partition coefficient (Wildman–Crippen LogP) is 3.25. The van der Waals surface area contributed by atoms with Crippen molar-refractivity contribution in [3.8, 4) is 0 Å². The highest BCUT2D eigenvalue weighted by Crippen LogP contribution is 2.25. The highest BCUT2D eigenvalue weighted by atomic mass is 32.2. The van der Waals surface area contributed by atoms with Crippen LogP contribution in [0.25, 0.3) is 16.6 Å². The number of aromatic nitrogens is 4. The molecule has 0 saturated heterocycles. The predicted molar refractivity (Wildman–Crippen MR) is 123 cm³/mol. The lowest BCUT2D eigenvalue weighted by Crippen LogP contribution is -2.33. The van der Waals surface area contributed by atoms with E-state index in [1.807, 2.05) is 70.1 Å². The van der Waals surface area contributed by atoms with E-state index in [9.17, 15) is 9.59 Å². The Morgan fingerprint density at radius 1 is 1.10 bits per heavy atom. The number of nitrogens with zero attached hydrogens (tertiary/aromatic N) is 4. The SMILES string of the molecule is CSCC[C@H](NC(=O)Cn1ccc2c(NC(C)=O)cccc21)c1nnc2ccccn12. The van der Waals surface area contributed by atoms with E-state index in [-0.39, 0.29) is 24.4 Å². The van der Waals surface area contributed by atoms with Crippen molar-refractivity contribution in [2.24, 2.45) is 0 Å². The second-order valence-corrected chi connectivity index (χ2v) is 8.24. The van der Waals surface area contributed by atoms with Crippen LogP contribution in [0.1, 0.15) is 25.2 Å². The van der Waals surface area contributed by atoms with E-state index < -0.39 is 0 Å². The Morgan fingerprint density at radius 2 is 1.97 bits per heavy atom. The highest BCUT2D eigenvalue weighted by molar-refractivity contribution is 7.98. The molecule has 4 aromatic rings. The Kier molecular flexibility index (Phi) is 6.22. The first-order valence-corrected chi connectivity index (χ1v) is 11.4. The smallest absolute Gasteiger partial charge is 0.240 e. The number of anilines is 1. The van der Waals surface area contributed by atoms with Crippen LogP contribution in [-0.4, -0.2) is 43.0 Å². The van der Waals surface area contributed by atoms with Gasteiger partial charge < -0.3 is 15.2 Å². The summed E-state index contributed by atoms with van der Waals surface area (Å²) in [6.45, 7) is 1.64. The summed E-state index contributed by atoms with van der Waals surface area (Å²) in [5.41, 5.74) is 2.37. The minimum Gasteiger partial charge on any atom is -0.344 e. The van der Waals surface area contributed by atoms with Crippen molar-refractivity contribution in [3.63, 3.8) is 0 Å². The summed E-state index contributed by atoms with van der Waals surface area (Å²) in [7, 11) is 0. The zero-order valence-electron chi connectivity index (χ0n) is 17.4. The van der Waals surface area contributed by atoms with Crippen LogP contribution in [0.15, 0.2) is 54.9 Å². The average Bonchev–Trinajstić information content (AvgIpc) is 3.36. The van der Waals surface area contributed by atoms with Gasteiger partial charge in [-0.1, -0.05) is 12.1 Å². The quantitative estimate of drug-likeness (QED) is 0.442. The van der Waals surface area contributed by atoms with E-state index in [0.717, 1.165) is 40.2 Å². The average molecular weight is 437 g/mol. The molecule has 2 amide bonds. The number of fused-ring (bicyclic) bond motifs is 2. The van der Waals surface area contributed by atoms with Crippen molar-refractivity contribution in [2.75, 3.05) is 17.3 Å². The Hall–Kier alpha value is -3.33. The first kappa shape index (κ1) is 20.9.